The fourth-order valence-corrected chi connectivity index (χ4v) is 2.10. The van der Waals surface area contributed by atoms with E-state index in [9.17, 15) is 4.79 Å². The summed E-state index contributed by atoms with van der Waals surface area (Å²) < 4.78 is 16.2. The highest BCUT2D eigenvalue weighted by Crippen LogP contribution is 2.31. The van der Waals surface area contributed by atoms with E-state index in [1.807, 2.05) is 18.2 Å². The second kappa shape index (κ2) is 6.58. The topological polar surface area (TPSA) is 74.0 Å². The van der Waals surface area contributed by atoms with Gasteiger partial charge in [-0.2, -0.15) is 0 Å². The zero-order chi connectivity index (χ0) is 14.5. The van der Waals surface area contributed by atoms with Gasteiger partial charge in [-0.3, -0.25) is 4.79 Å². The average Bonchev–Trinajstić information content (AvgIpc) is 2.46. The van der Waals surface area contributed by atoms with Gasteiger partial charge in [0.1, 0.15) is 6.61 Å². The number of benzene rings is 1. The van der Waals surface area contributed by atoms with Crippen molar-refractivity contribution in [2.45, 2.75) is 12.1 Å². The standard InChI is InChI=1S/C14H20N2O4/c1-16(7-10(15)8-18-2)14(17)13-9-19-11-5-3-4-6-12(11)20-13/h3-6,10,13H,7-9,15H2,1-2H3. The number of likely N-dealkylation sites (N-methyl/N-ethyl adjacent to an activating group) is 1. The molecule has 0 aliphatic carbocycles. The summed E-state index contributed by atoms with van der Waals surface area (Å²) in [5.41, 5.74) is 5.84. The van der Waals surface area contributed by atoms with Crippen LogP contribution in [-0.4, -0.2) is 56.9 Å². The Morgan fingerprint density at radius 2 is 2.20 bits per heavy atom. The zero-order valence-electron chi connectivity index (χ0n) is 11.7. The van der Waals surface area contributed by atoms with Crippen molar-refractivity contribution in [3.8, 4) is 11.5 Å². The number of rotatable bonds is 5. The van der Waals surface area contributed by atoms with Gasteiger partial charge in [-0.25, -0.2) is 0 Å². The molecule has 6 nitrogen and oxygen atoms in total. The van der Waals surface area contributed by atoms with Gasteiger partial charge >= 0.3 is 0 Å². The molecule has 1 heterocycles. The van der Waals surface area contributed by atoms with Crippen molar-refractivity contribution >= 4 is 5.91 Å². The molecule has 1 aromatic rings. The normalized spacial score (nSPS) is 18.4. The molecule has 2 unspecified atom stereocenters. The highest BCUT2D eigenvalue weighted by Gasteiger charge is 2.30. The number of carbonyl (C=O) groups excluding carboxylic acids is 1. The second-order valence-electron chi connectivity index (χ2n) is 4.80. The summed E-state index contributed by atoms with van der Waals surface area (Å²) in [6.45, 7) is 1.02. The largest absolute Gasteiger partial charge is 0.485 e. The van der Waals surface area contributed by atoms with Crippen LogP contribution in [0.4, 0.5) is 0 Å². The Balaban J connectivity index is 1.94. The molecule has 20 heavy (non-hydrogen) atoms. The molecule has 0 bridgehead atoms. The Bertz CT molecular complexity index is 466. The predicted octanol–water partition coefficient (Wildman–Crippen LogP) is 0.259. The molecule has 1 aliphatic rings. The first-order valence-electron chi connectivity index (χ1n) is 6.49. The van der Waals surface area contributed by atoms with Gasteiger partial charge < -0.3 is 24.8 Å². The average molecular weight is 280 g/mol. The number of nitrogens with zero attached hydrogens (tertiary/aromatic N) is 1. The highest BCUT2D eigenvalue weighted by molar-refractivity contribution is 5.81. The van der Waals surface area contributed by atoms with E-state index in [2.05, 4.69) is 0 Å². The molecule has 2 N–H and O–H groups in total. The third-order valence-electron chi connectivity index (χ3n) is 3.05. The fourth-order valence-electron chi connectivity index (χ4n) is 2.10. The van der Waals surface area contributed by atoms with Gasteiger partial charge in [0, 0.05) is 26.7 Å². The molecule has 110 valence electrons. The molecule has 0 saturated carbocycles. The molecule has 1 aliphatic heterocycles. The third-order valence-corrected chi connectivity index (χ3v) is 3.05. The summed E-state index contributed by atoms with van der Waals surface area (Å²) >= 11 is 0. The van der Waals surface area contributed by atoms with Crippen molar-refractivity contribution in [3.05, 3.63) is 24.3 Å². The van der Waals surface area contributed by atoms with Crippen LogP contribution in [0, 0.1) is 0 Å². The summed E-state index contributed by atoms with van der Waals surface area (Å²) in [6.07, 6.45) is -0.635. The Kier molecular flexibility index (Phi) is 4.81. The Morgan fingerprint density at radius 3 is 2.90 bits per heavy atom. The lowest BCUT2D eigenvalue weighted by Gasteiger charge is -2.29. The molecule has 2 rings (SSSR count). The van der Waals surface area contributed by atoms with Gasteiger partial charge in [0.25, 0.3) is 5.91 Å². The fraction of sp³-hybridized carbons (Fsp3) is 0.500. The number of hydrogen-bond acceptors (Lipinski definition) is 5. The maximum absolute atomic E-state index is 12.3. The van der Waals surface area contributed by atoms with Gasteiger partial charge in [0.2, 0.25) is 6.10 Å². The number of amides is 1. The second-order valence-corrected chi connectivity index (χ2v) is 4.80. The first-order valence-corrected chi connectivity index (χ1v) is 6.49. The third kappa shape index (κ3) is 3.40. The van der Waals surface area contributed by atoms with Gasteiger partial charge in [-0.05, 0) is 12.1 Å². The first kappa shape index (κ1) is 14.6. The molecule has 0 fully saturated rings. The van der Waals surface area contributed by atoms with Gasteiger partial charge in [0.15, 0.2) is 11.5 Å². The quantitative estimate of drug-likeness (QED) is 0.837. The van der Waals surface area contributed by atoms with Crippen molar-refractivity contribution in [2.24, 2.45) is 5.73 Å². The first-order chi connectivity index (χ1) is 9.61. The summed E-state index contributed by atoms with van der Waals surface area (Å²) in [5, 5.41) is 0. The molecular weight excluding hydrogens is 260 g/mol. The van der Waals surface area contributed by atoms with Crippen molar-refractivity contribution < 1.29 is 19.0 Å². The summed E-state index contributed by atoms with van der Waals surface area (Å²) in [4.78, 5) is 13.8. The number of hydrogen-bond donors (Lipinski definition) is 1. The highest BCUT2D eigenvalue weighted by atomic mass is 16.6. The SMILES string of the molecule is COCC(N)CN(C)C(=O)C1COc2ccccc2O1. The molecule has 1 amide bonds. The maximum Gasteiger partial charge on any atom is 0.267 e. The van der Waals surface area contributed by atoms with Gasteiger partial charge in [0.05, 0.1) is 6.61 Å². The molecule has 0 aromatic heterocycles. The minimum absolute atomic E-state index is 0.147. The molecule has 6 heteroatoms. The van der Waals surface area contributed by atoms with Crippen LogP contribution in [0.3, 0.4) is 0 Å². The molecule has 0 saturated heterocycles. The van der Waals surface area contributed by atoms with Gasteiger partial charge in [-0.15, -0.1) is 0 Å². The summed E-state index contributed by atoms with van der Waals surface area (Å²) in [6, 6.07) is 7.08. The molecule has 1 aromatic carbocycles. The summed E-state index contributed by atoms with van der Waals surface area (Å²) in [5.74, 6) is 1.10. The van der Waals surface area contributed by atoms with Gasteiger partial charge in [-0.1, -0.05) is 12.1 Å². The van der Waals surface area contributed by atoms with Crippen LogP contribution in [0.1, 0.15) is 0 Å². The maximum atomic E-state index is 12.3. The number of carbonyl (C=O) groups is 1. The number of ether oxygens (including phenoxy) is 3. The van der Waals surface area contributed by atoms with E-state index in [1.54, 1.807) is 25.1 Å². The molecule has 2 atom stereocenters. The van der Waals surface area contributed by atoms with E-state index in [-0.39, 0.29) is 18.6 Å². The van der Waals surface area contributed by atoms with Crippen LogP contribution >= 0.6 is 0 Å². The number of methoxy groups -OCH3 is 1. The molecular formula is C14H20N2O4. The van der Waals surface area contributed by atoms with Crippen LogP contribution in [0.5, 0.6) is 11.5 Å². The Labute approximate surface area is 118 Å². The number of nitrogens with two attached hydrogens (primary N) is 1. The van der Waals surface area contributed by atoms with Crippen LogP contribution < -0.4 is 15.2 Å². The molecule has 0 radical (unpaired) electrons. The molecule has 0 spiro atoms. The number of para-hydroxylation sites is 2. The van der Waals surface area contributed by atoms with E-state index < -0.39 is 6.10 Å². The summed E-state index contributed by atoms with van der Waals surface area (Å²) in [7, 11) is 3.28. The van der Waals surface area contributed by atoms with Crippen LogP contribution in [0.15, 0.2) is 24.3 Å². The van der Waals surface area contributed by atoms with Crippen molar-refractivity contribution in [1.82, 2.24) is 4.90 Å². The van der Waals surface area contributed by atoms with E-state index >= 15 is 0 Å². The van der Waals surface area contributed by atoms with Crippen molar-refractivity contribution in [2.75, 3.05) is 33.9 Å². The Morgan fingerprint density at radius 1 is 1.50 bits per heavy atom. The number of fused-ring (bicyclic) bond motifs is 1. The minimum atomic E-state index is -0.635. The smallest absolute Gasteiger partial charge is 0.267 e. The van der Waals surface area contributed by atoms with Crippen LogP contribution in [0.2, 0.25) is 0 Å². The monoisotopic (exact) mass is 280 g/mol. The predicted molar refractivity (Wildman–Crippen MR) is 73.8 cm³/mol. The van der Waals surface area contributed by atoms with Crippen molar-refractivity contribution in [1.29, 1.82) is 0 Å². The lowest BCUT2D eigenvalue weighted by molar-refractivity contribution is -0.140. The van der Waals surface area contributed by atoms with Crippen molar-refractivity contribution in [3.63, 3.8) is 0 Å². The van der Waals surface area contributed by atoms with E-state index in [4.69, 9.17) is 19.9 Å². The lowest BCUT2D eigenvalue weighted by Crippen LogP contribution is -2.49. The van der Waals surface area contributed by atoms with E-state index in [0.717, 1.165) is 0 Å². The minimum Gasteiger partial charge on any atom is -0.485 e. The Hall–Kier alpha value is -1.79. The zero-order valence-corrected chi connectivity index (χ0v) is 11.7. The van der Waals surface area contributed by atoms with E-state index in [0.29, 0.717) is 24.7 Å². The van der Waals surface area contributed by atoms with Crippen LogP contribution in [0.25, 0.3) is 0 Å². The van der Waals surface area contributed by atoms with E-state index in [1.165, 1.54) is 0 Å². The lowest BCUT2D eigenvalue weighted by atomic mass is 10.2. The van der Waals surface area contributed by atoms with Crippen LogP contribution in [-0.2, 0) is 9.53 Å².